The van der Waals surface area contributed by atoms with E-state index in [1.807, 2.05) is 60.4 Å². The highest BCUT2D eigenvalue weighted by Crippen LogP contribution is 2.42. The second-order valence-electron chi connectivity index (χ2n) is 9.03. The van der Waals surface area contributed by atoms with Gasteiger partial charge in [0.05, 0.1) is 0 Å². The van der Waals surface area contributed by atoms with Gasteiger partial charge in [-0.25, -0.2) is 0 Å². The molecule has 2 fully saturated rings. The molecule has 1 atom stereocenters. The maximum absolute atomic E-state index is 13.7. The Kier molecular flexibility index (Phi) is 7.65. The van der Waals surface area contributed by atoms with Gasteiger partial charge in [0.2, 0.25) is 0 Å². The Bertz CT molecular complexity index is 920. The fourth-order valence-electron chi connectivity index (χ4n) is 5.13. The molecule has 1 unspecified atom stereocenters. The molecule has 1 saturated carbocycles. The first-order valence-corrected chi connectivity index (χ1v) is 12.3. The molecule has 4 rings (SSSR count). The lowest BCUT2D eigenvalue weighted by molar-refractivity contribution is -0.160. The van der Waals surface area contributed by atoms with Gasteiger partial charge in [-0.05, 0) is 30.9 Å². The number of amides is 1. The number of nitrogens with one attached hydrogen (secondary N) is 1. The minimum atomic E-state index is -1.44. The van der Waals surface area contributed by atoms with E-state index in [0.717, 1.165) is 37.2 Å². The Morgan fingerprint density at radius 1 is 0.970 bits per heavy atom. The van der Waals surface area contributed by atoms with Crippen LogP contribution in [0.25, 0.3) is 0 Å². The Morgan fingerprint density at radius 3 is 2.15 bits per heavy atom. The Morgan fingerprint density at radius 2 is 1.55 bits per heavy atom. The molecule has 2 aromatic rings. The summed E-state index contributed by atoms with van der Waals surface area (Å²) in [7, 11) is 0. The van der Waals surface area contributed by atoms with Crippen molar-refractivity contribution in [2.75, 3.05) is 32.7 Å². The minimum absolute atomic E-state index is 0.0183. The molecule has 33 heavy (non-hydrogen) atoms. The van der Waals surface area contributed by atoms with Crippen LogP contribution in [0.15, 0.2) is 65.7 Å². The van der Waals surface area contributed by atoms with Crippen LogP contribution in [-0.4, -0.2) is 59.5 Å². The first-order valence-electron chi connectivity index (χ1n) is 12.3. The van der Waals surface area contributed by atoms with Crippen molar-refractivity contribution in [1.29, 1.82) is 0 Å². The van der Waals surface area contributed by atoms with Crippen LogP contribution >= 0.6 is 0 Å². The number of benzene rings is 2. The predicted molar refractivity (Wildman–Crippen MR) is 132 cm³/mol. The normalized spacial score (nSPS) is 19.4. The lowest BCUT2D eigenvalue weighted by Crippen LogP contribution is -2.58. The molecule has 1 heterocycles. The number of hydrogen-bond acceptors (Lipinski definition) is 3. The molecule has 1 saturated heterocycles. The molecular formula is C27H36N4O2. The van der Waals surface area contributed by atoms with Crippen molar-refractivity contribution in [3.05, 3.63) is 71.8 Å². The van der Waals surface area contributed by atoms with Gasteiger partial charge in [-0.15, -0.1) is 0 Å². The van der Waals surface area contributed by atoms with Gasteiger partial charge in [-0.2, -0.15) is 0 Å². The molecule has 2 aliphatic rings. The number of piperazine rings is 1. The first kappa shape index (κ1) is 23.3. The molecule has 6 heteroatoms. The lowest BCUT2D eigenvalue weighted by atomic mass is 9.79. The Hall–Kier alpha value is -2.86. The molecule has 0 aromatic heterocycles. The number of nitrogens with zero attached hydrogens (tertiary/aromatic N) is 3. The van der Waals surface area contributed by atoms with Crippen LogP contribution in [0, 0.1) is 5.92 Å². The van der Waals surface area contributed by atoms with Gasteiger partial charge in [-0.3, -0.25) is 9.79 Å². The van der Waals surface area contributed by atoms with Gasteiger partial charge in [0.15, 0.2) is 11.6 Å². The molecule has 1 amide bonds. The molecule has 1 aliphatic heterocycles. The van der Waals surface area contributed by atoms with Crippen LogP contribution in [0.1, 0.15) is 43.7 Å². The van der Waals surface area contributed by atoms with Gasteiger partial charge in [0.25, 0.3) is 5.91 Å². The topological polar surface area (TPSA) is 68.2 Å². The van der Waals surface area contributed by atoms with Crippen LogP contribution in [0.4, 0.5) is 0 Å². The quantitative estimate of drug-likeness (QED) is 0.525. The van der Waals surface area contributed by atoms with Crippen molar-refractivity contribution >= 4 is 11.9 Å². The number of aliphatic imine (C=N–C) groups is 1. The van der Waals surface area contributed by atoms with Crippen LogP contribution < -0.4 is 5.32 Å². The van der Waals surface area contributed by atoms with Gasteiger partial charge in [0.1, 0.15) is 0 Å². The molecule has 176 valence electrons. The van der Waals surface area contributed by atoms with Gasteiger partial charge >= 0.3 is 0 Å². The number of aliphatic hydroxyl groups is 1. The summed E-state index contributed by atoms with van der Waals surface area (Å²) < 4.78 is 0. The summed E-state index contributed by atoms with van der Waals surface area (Å²) in [6.07, 6.45) is 3.94. The highest BCUT2D eigenvalue weighted by atomic mass is 16.3. The summed E-state index contributed by atoms with van der Waals surface area (Å²) in [5.74, 6) is 0.712. The number of rotatable bonds is 6. The third kappa shape index (κ3) is 5.22. The third-order valence-corrected chi connectivity index (χ3v) is 6.95. The fraction of sp³-hybridized carbons (Fsp3) is 0.481. The predicted octanol–water partition coefficient (Wildman–Crippen LogP) is 3.37. The monoisotopic (exact) mass is 448 g/mol. The zero-order chi connectivity index (χ0) is 23.1. The molecule has 2 N–H and O–H groups in total. The largest absolute Gasteiger partial charge is 0.375 e. The Balaban J connectivity index is 1.43. The third-order valence-electron chi connectivity index (χ3n) is 6.95. The number of guanidine groups is 1. The van der Waals surface area contributed by atoms with Crippen LogP contribution in [0.3, 0.4) is 0 Å². The second-order valence-corrected chi connectivity index (χ2v) is 9.03. The van der Waals surface area contributed by atoms with Gasteiger partial charge in [-0.1, -0.05) is 73.5 Å². The second kappa shape index (κ2) is 10.8. The van der Waals surface area contributed by atoms with E-state index in [4.69, 9.17) is 0 Å². The number of hydrogen-bond donors (Lipinski definition) is 2. The number of carbonyl (C=O) groups is 1. The summed E-state index contributed by atoms with van der Waals surface area (Å²) in [5.41, 5.74) is 0.493. The average Bonchev–Trinajstić information content (AvgIpc) is 3.43. The van der Waals surface area contributed by atoms with E-state index in [1.165, 1.54) is 5.56 Å². The van der Waals surface area contributed by atoms with E-state index in [2.05, 4.69) is 27.3 Å². The molecule has 6 nitrogen and oxygen atoms in total. The molecule has 2 aromatic carbocycles. The van der Waals surface area contributed by atoms with E-state index in [0.29, 0.717) is 39.3 Å². The van der Waals surface area contributed by atoms with Crippen molar-refractivity contribution in [2.45, 2.75) is 44.8 Å². The van der Waals surface area contributed by atoms with E-state index in [-0.39, 0.29) is 11.8 Å². The maximum Gasteiger partial charge on any atom is 0.259 e. The molecule has 1 aliphatic carbocycles. The van der Waals surface area contributed by atoms with Crippen LogP contribution in [-0.2, 0) is 16.9 Å². The molecular weight excluding hydrogens is 412 g/mol. The fourth-order valence-corrected chi connectivity index (χ4v) is 5.13. The standard InChI is InChI=1S/C27H36N4O2/c1-2-28-26(29-21-22-11-5-3-6-12-22)31-19-17-30(18-20-31)25(32)27(33,24-15-9-10-16-24)23-13-7-4-8-14-23/h3-8,11-14,24,33H,2,9-10,15-21H2,1H3,(H,28,29). The van der Waals surface area contributed by atoms with Crippen molar-refractivity contribution < 1.29 is 9.90 Å². The van der Waals surface area contributed by atoms with Crippen molar-refractivity contribution in [2.24, 2.45) is 10.9 Å². The zero-order valence-corrected chi connectivity index (χ0v) is 19.6. The van der Waals surface area contributed by atoms with Crippen molar-refractivity contribution in [3.8, 4) is 0 Å². The molecule has 0 radical (unpaired) electrons. The molecule has 0 spiro atoms. The lowest BCUT2D eigenvalue weighted by Gasteiger charge is -2.42. The summed E-state index contributed by atoms with van der Waals surface area (Å²) in [6.45, 7) is 6.00. The maximum atomic E-state index is 13.7. The van der Waals surface area contributed by atoms with Gasteiger partial charge in [0, 0.05) is 45.2 Å². The first-order chi connectivity index (χ1) is 16.1. The van der Waals surface area contributed by atoms with E-state index in [9.17, 15) is 9.90 Å². The zero-order valence-electron chi connectivity index (χ0n) is 19.6. The van der Waals surface area contributed by atoms with E-state index in [1.54, 1.807) is 0 Å². The van der Waals surface area contributed by atoms with Gasteiger partial charge < -0.3 is 20.2 Å². The average molecular weight is 449 g/mol. The summed E-state index contributed by atoms with van der Waals surface area (Å²) in [4.78, 5) is 22.5. The highest BCUT2D eigenvalue weighted by Gasteiger charge is 2.48. The minimum Gasteiger partial charge on any atom is -0.375 e. The van der Waals surface area contributed by atoms with E-state index < -0.39 is 5.60 Å². The molecule has 0 bridgehead atoms. The van der Waals surface area contributed by atoms with Crippen molar-refractivity contribution in [3.63, 3.8) is 0 Å². The smallest absolute Gasteiger partial charge is 0.259 e. The van der Waals surface area contributed by atoms with E-state index >= 15 is 0 Å². The highest BCUT2D eigenvalue weighted by molar-refractivity contribution is 5.87. The number of carbonyl (C=O) groups excluding carboxylic acids is 1. The summed E-state index contributed by atoms with van der Waals surface area (Å²) in [6, 6.07) is 19.8. The summed E-state index contributed by atoms with van der Waals surface area (Å²) in [5, 5.41) is 15.3. The van der Waals surface area contributed by atoms with Crippen LogP contribution in [0.5, 0.6) is 0 Å². The van der Waals surface area contributed by atoms with Crippen LogP contribution in [0.2, 0.25) is 0 Å². The SMILES string of the molecule is CCN=C(NCc1ccccc1)N1CCN(C(=O)C(O)(c2ccccc2)C2CCCC2)CC1. The summed E-state index contributed by atoms with van der Waals surface area (Å²) >= 11 is 0. The van der Waals surface area contributed by atoms with Crippen molar-refractivity contribution in [1.82, 2.24) is 15.1 Å². The Labute approximate surface area is 197 Å².